The van der Waals surface area contributed by atoms with Gasteiger partial charge in [-0.3, -0.25) is 4.57 Å². The lowest BCUT2D eigenvalue weighted by Crippen LogP contribution is -2.01. The van der Waals surface area contributed by atoms with Crippen LogP contribution in [0.2, 0.25) is 5.28 Å². The molecular weight excluding hydrogens is 374 g/mol. The molecule has 2 aromatic heterocycles. The lowest BCUT2D eigenvalue weighted by molar-refractivity contribution is 0.340. The summed E-state index contributed by atoms with van der Waals surface area (Å²) in [5, 5.41) is 9.83. The highest BCUT2D eigenvalue weighted by molar-refractivity contribution is 6.29. The average molecular weight is 390 g/mol. The molecule has 0 atom stereocenters. The molecule has 0 fully saturated rings. The van der Waals surface area contributed by atoms with Gasteiger partial charge in [0, 0.05) is 5.56 Å². The van der Waals surface area contributed by atoms with Crippen LogP contribution in [0.1, 0.15) is 18.2 Å². The Morgan fingerprint density at radius 1 is 1.07 bits per heavy atom. The van der Waals surface area contributed by atoms with Crippen LogP contribution in [-0.2, 0) is 0 Å². The predicted octanol–water partition coefficient (Wildman–Crippen LogP) is 4.71. The Balaban J connectivity index is 1.94. The monoisotopic (exact) mass is 389 g/mol. The van der Waals surface area contributed by atoms with Gasteiger partial charge in [0.1, 0.15) is 17.3 Å². The van der Waals surface area contributed by atoms with Crippen molar-refractivity contribution in [3.8, 4) is 28.9 Å². The van der Waals surface area contributed by atoms with Crippen LogP contribution in [-0.4, -0.2) is 26.1 Å². The molecule has 0 unspecified atom stereocenters. The van der Waals surface area contributed by atoms with Gasteiger partial charge in [0.25, 0.3) is 0 Å². The number of fused-ring (bicyclic) bond motifs is 1. The van der Waals surface area contributed by atoms with Crippen LogP contribution in [0.25, 0.3) is 28.2 Å². The molecule has 138 valence electrons. The summed E-state index contributed by atoms with van der Waals surface area (Å²) < 4.78 is 7.22. The fraction of sp³-hybridized carbons (Fsp3) is 0.143. The van der Waals surface area contributed by atoms with Crippen molar-refractivity contribution >= 4 is 22.8 Å². The zero-order valence-corrected chi connectivity index (χ0v) is 16.1. The van der Waals surface area contributed by atoms with Crippen molar-refractivity contribution in [1.82, 2.24) is 19.5 Å². The van der Waals surface area contributed by atoms with Crippen LogP contribution >= 0.6 is 11.6 Å². The van der Waals surface area contributed by atoms with E-state index in [1.54, 1.807) is 4.57 Å². The molecule has 0 aliphatic carbocycles. The van der Waals surface area contributed by atoms with E-state index in [0.29, 0.717) is 23.6 Å². The SMILES string of the molecule is CCOc1ccc(-c2nc(C#N)c3nc(Cl)n(-c4ccccc4C)c3n2)cc1. The Hall–Kier alpha value is -3.43. The Labute approximate surface area is 167 Å². The number of aromatic nitrogens is 4. The summed E-state index contributed by atoms with van der Waals surface area (Å²) in [5.41, 5.74) is 3.71. The van der Waals surface area contributed by atoms with Gasteiger partial charge in [0.05, 0.1) is 12.3 Å². The van der Waals surface area contributed by atoms with Crippen LogP contribution < -0.4 is 4.74 Å². The molecule has 0 radical (unpaired) electrons. The molecule has 0 saturated heterocycles. The summed E-state index contributed by atoms with van der Waals surface area (Å²) in [7, 11) is 0. The van der Waals surface area contributed by atoms with E-state index in [9.17, 15) is 5.26 Å². The van der Waals surface area contributed by atoms with Gasteiger partial charge in [-0.2, -0.15) is 5.26 Å². The van der Waals surface area contributed by atoms with E-state index >= 15 is 0 Å². The second-order valence-electron chi connectivity index (χ2n) is 6.14. The van der Waals surface area contributed by atoms with E-state index in [1.165, 1.54) is 0 Å². The number of imidazole rings is 1. The second kappa shape index (κ2) is 7.29. The molecule has 28 heavy (non-hydrogen) atoms. The molecule has 0 N–H and O–H groups in total. The number of ether oxygens (including phenoxy) is 1. The first kappa shape index (κ1) is 18.0. The highest BCUT2D eigenvalue weighted by atomic mass is 35.5. The summed E-state index contributed by atoms with van der Waals surface area (Å²) in [5.74, 6) is 1.19. The third-order valence-electron chi connectivity index (χ3n) is 4.35. The van der Waals surface area contributed by atoms with E-state index in [1.807, 2.05) is 62.4 Å². The molecule has 0 aliphatic heterocycles. The molecule has 0 aliphatic rings. The lowest BCUT2D eigenvalue weighted by atomic mass is 10.2. The topological polar surface area (TPSA) is 76.6 Å². The van der Waals surface area contributed by atoms with E-state index in [2.05, 4.69) is 21.0 Å². The van der Waals surface area contributed by atoms with Gasteiger partial charge in [-0.05, 0) is 61.3 Å². The highest BCUT2D eigenvalue weighted by Crippen LogP contribution is 2.29. The number of rotatable bonds is 4. The fourth-order valence-corrected chi connectivity index (χ4v) is 3.29. The molecular formula is C21H16ClN5O. The van der Waals surface area contributed by atoms with Crippen molar-refractivity contribution in [1.29, 1.82) is 5.26 Å². The van der Waals surface area contributed by atoms with E-state index in [0.717, 1.165) is 22.6 Å². The minimum Gasteiger partial charge on any atom is -0.494 e. The highest BCUT2D eigenvalue weighted by Gasteiger charge is 2.19. The maximum absolute atomic E-state index is 9.59. The number of nitrogens with zero attached hydrogens (tertiary/aromatic N) is 5. The molecule has 4 aromatic rings. The number of halogens is 1. The van der Waals surface area contributed by atoms with Crippen LogP contribution in [0.5, 0.6) is 5.75 Å². The summed E-state index contributed by atoms with van der Waals surface area (Å²) >= 11 is 6.42. The Kier molecular flexibility index (Phi) is 4.68. The van der Waals surface area contributed by atoms with Gasteiger partial charge in [-0.25, -0.2) is 15.0 Å². The molecule has 0 spiro atoms. The van der Waals surface area contributed by atoms with Gasteiger partial charge in [-0.1, -0.05) is 18.2 Å². The van der Waals surface area contributed by atoms with Crippen LogP contribution in [0, 0.1) is 18.3 Å². The largest absolute Gasteiger partial charge is 0.494 e. The zero-order valence-electron chi connectivity index (χ0n) is 15.3. The first-order valence-corrected chi connectivity index (χ1v) is 9.15. The normalized spacial score (nSPS) is 10.8. The first-order valence-electron chi connectivity index (χ1n) is 8.77. The van der Waals surface area contributed by atoms with Crippen molar-refractivity contribution in [2.75, 3.05) is 6.61 Å². The first-order chi connectivity index (χ1) is 13.6. The third kappa shape index (κ3) is 3.06. The van der Waals surface area contributed by atoms with Gasteiger partial charge < -0.3 is 4.74 Å². The fourth-order valence-electron chi connectivity index (χ4n) is 3.03. The second-order valence-corrected chi connectivity index (χ2v) is 6.48. The molecule has 6 nitrogen and oxygen atoms in total. The van der Waals surface area contributed by atoms with Crippen LogP contribution in [0.4, 0.5) is 0 Å². The number of aryl methyl sites for hydroxylation is 1. The Morgan fingerprint density at radius 3 is 2.50 bits per heavy atom. The van der Waals surface area contributed by atoms with Crippen LogP contribution in [0.3, 0.4) is 0 Å². The lowest BCUT2D eigenvalue weighted by Gasteiger charge is -2.09. The number of hydrogen-bond acceptors (Lipinski definition) is 5. The molecule has 4 rings (SSSR count). The summed E-state index contributed by atoms with van der Waals surface area (Å²) in [4.78, 5) is 13.4. The predicted molar refractivity (Wildman–Crippen MR) is 108 cm³/mol. The minimum absolute atomic E-state index is 0.183. The molecule has 2 heterocycles. The Bertz CT molecular complexity index is 1210. The summed E-state index contributed by atoms with van der Waals surface area (Å²) in [6, 6.07) is 17.3. The maximum atomic E-state index is 9.59. The zero-order chi connectivity index (χ0) is 19.7. The summed E-state index contributed by atoms with van der Waals surface area (Å²) in [6.07, 6.45) is 0. The van der Waals surface area contributed by atoms with Gasteiger partial charge in [-0.15, -0.1) is 0 Å². The Morgan fingerprint density at radius 2 is 1.82 bits per heavy atom. The summed E-state index contributed by atoms with van der Waals surface area (Å²) in [6.45, 7) is 4.51. The number of hydrogen-bond donors (Lipinski definition) is 0. The number of nitriles is 1. The van der Waals surface area contributed by atoms with Crippen molar-refractivity contribution in [3.63, 3.8) is 0 Å². The number of benzene rings is 2. The van der Waals surface area contributed by atoms with Crippen molar-refractivity contribution < 1.29 is 4.74 Å². The minimum atomic E-state index is 0.183. The van der Waals surface area contributed by atoms with Gasteiger partial charge in [0.15, 0.2) is 17.2 Å². The quantitative estimate of drug-likeness (QED) is 0.472. The van der Waals surface area contributed by atoms with Gasteiger partial charge >= 0.3 is 0 Å². The van der Waals surface area contributed by atoms with Gasteiger partial charge in [0.2, 0.25) is 5.28 Å². The third-order valence-corrected chi connectivity index (χ3v) is 4.61. The molecule has 7 heteroatoms. The van der Waals surface area contributed by atoms with E-state index in [4.69, 9.17) is 16.3 Å². The van der Waals surface area contributed by atoms with Crippen molar-refractivity contribution in [3.05, 3.63) is 65.1 Å². The van der Waals surface area contributed by atoms with E-state index in [-0.39, 0.29) is 11.0 Å². The molecule has 2 aromatic carbocycles. The standard InChI is InChI=1S/C21H16ClN5O/c1-3-28-15-10-8-14(9-11-15)19-24-16(12-23)18-20(26-19)27(21(22)25-18)17-7-5-4-6-13(17)2/h4-11H,3H2,1-2H3. The van der Waals surface area contributed by atoms with Crippen molar-refractivity contribution in [2.45, 2.75) is 13.8 Å². The average Bonchev–Trinajstić information content (AvgIpc) is 3.04. The molecule has 0 amide bonds. The van der Waals surface area contributed by atoms with Crippen LogP contribution in [0.15, 0.2) is 48.5 Å². The van der Waals surface area contributed by atoms with E-state index < -0.39 is 0 Å². The molecule has 0 saturated carbocycles. The molecule has 0 bridgehead atoms. The maximum Gasteiger partial charge on any atom is 0.209 e. The van der Waals surface area contributed by atoms with Crippen molar-refractivity contribution in [2.24, 2.45) is 0 Å². The smallest absolute Gasteiger partial charge is 0.209 e. The number of para-hydroxylation sites is 1.